The van der Waals surface area contributed by atoms with Crippen molar-refractivity contribution in [2.45, 2.75) is 31.2 Å². The summed E-state index contributed by atoms with van der Waals surface area (Å²) in [5.74, 6) is 0.122. The van der Waals surface area contributed by atoms with E-state index in [1.165, 1.54) is 19.2 Å². The lowest BCUT2D eigenvalue weighted by Gasteiger charge is -2.19. The third-order valence-corrected chi connectivity index (χ3v) is 6.53. The maximum Gasteiger partial charge on any atom is 0.242 e. The molecule has 0 fully saturated rings. The standard InChI is InChI=1S/C24H26N2O4S/c1-17-9-10-20(15-18(17)2)25-24(27)23(16-19-7-5-4-6-8-19)26-31(28,29)22-13-11-21(30-3)12-14-22/h4-15,23,26H,16H2,1-3H3,(H,25,27). The first-order valence-corrected chi connectivity index (χ1v) is 11.4. The van der Waals surface area contributed by atoms with Gasteiger partial charge in [-0.05, 0) is 73.4 Å². The van der Waals surface area contributed by atoms with Gasteiger partial charge in [-0.15, -0.1) is 0 Å². The summed E-state index contributed by atoms with van der Waals surface area (Å²) in [6.45, 7) is 3.95. The third-order valence-electron chi connectivity index (χ3n) is 5.04. The lowest BCUT2D eigenvalue weighted by Crippen LogP contribution is -2.45. The second-order valence-electron chi connectivity index (χ2n) is 7.33. The molecule has 0 aliphatic heterocycles. The topological polar surface area (TPSA) is 84.5 Å². The zero-order valence-corrected chi connectivity index (χ0v) is 18.6. The van der Waals surface area contributed by atoms with E-state index >= 15 is 0 Å². The third kappa shape index (κ3) is 5.93. The average Bonchev–Trinajstić information content (AvgIpc) is 2.76. The molecule has 3 aromatic rings. The first-order valence-electron chi connectivity index (χ1n) is 9.87. The number of sulfonamides is 1. The summed E-state index contributed by atoms with van der Waals surface area (Å²) in [5.41, 5.74) is 3.62. The molecule has 0 aliphatic rings. The Morgan fingerprint density at radius 2 is 1.61 bits per heavy atom. The Morgan fingerprint density at radius 1 is 0.935 bits per heavy atom. The molecule has 0 aliphatic carbocycles. The monoisotopic (exact) mass is 438 g/mol. The number of carbonyl (C=O) groups is 1. The molecule has 1 unspecified atom stereocenters. The fourth-order valence-corrected chi connectivity index (χ4v) is 4.29. The SMILES string of the molecule is COc1ccc(S(=O)(=O)NC(Cc2ccccc2)C(=O)Nc2ccc(C)c(C)c2)cc1. The Bertz CT molecular complexity index is 1140. The van der Waals surface area contributed by atoms with Gasteiger partial charge in [-0.1, -0.05) is 36.4 Å². The van der Waals surface area contributed by atoms with Gasteiger partial charge in [0.05, 0.1) is 12.0 Å². The van der Waals surface area contributed by atoms with E-state index in [9.17, 15) is 13.2 Å². The minimum absolute atomic E-state index is 0.0605. The van der Waals surface area contributed by atoms with E-state index in [1.54, 1.807) is 18.2 Å². The van der Waals surface area contributed by atoms with Gasteiger partial charge in [-0.3, -0.25) is 4.79 Å². The summed E-state index contributed by atoms with van der Waals surface area (Å²) in [4.78, 5) is 13.1. The van der Waals surface area contributed by atoms with Gasteiger partial charge in [0, 0.05) is 5.69 Å². The zero-order chi connectivity index (χ0) is 22.4. The van der Waals surface area contributed by atoms with Crippen molar-refractivity contribution in [3.63, 3.8) is 0 Å². The Labute approximate surface area is 183 Å². The van der Waals surface area contributed by atoms with Crippen LogP contribution in [0.15, 0.2) is 77.7 Å². The van der Waals surface area contributed by atoms with Gasteiger partial charge in [0.1, 0.15) is 11.8 Å². The van der Waals surface area contributed by atoms with E-state index in [4.69, 9.17) is 4.74 Å². The van der Waals surface area contributed by atoms with Crippen LogP contribution in [0.4, 0.5) is 5.69 Å². The quantitative estimate of drug-likeness (QED) is 0.560. The highest BCUT2D eigenvalue weighted by molar-refractivity contribution is 7.89. The second-order valence-corrected chi connectivity index (χ2v) is 9.04. The highest BCUT2D eigenvalue weighted by Gasteiger charge is 2.26. The molecule has 7 heteroatoms. The number of nitrogens with one attached hydrogen (secondary N) is 2. The maximum atomic E-state index is 13.1. The number of methoxy groups -OCH3 is 1. The van der Waals surface area contributed by atoms with E-state index in [1.807, 2.05) is 56.3 Å². The van der Waals surface area contributed by atoms with Crippen molar-refractivity contribution in [1.82, 2.24) is 4.72 Å². The van der Waals surface area contributed by atoms with E-state index in [0.29, 0.717) is 11.4 Å². The van der Waals surface area contributed by atoms with Gasteiger partial charge in [-0.25, -0.2) is 8.42 Å². The number of carbonyl (C=O) groups excluding carboxylic acids is 1. The minimum Gasteiger partial charge on any atom is -0.497 e. The van der Waals surface area contributed by atoms with Gasteiger partial charge in [0.2, 0.25) is 15.9 Å². The Hall–Kier alpha value is -3.16. The smallest absolute Gasteiger partial charge is 0.242 e. The molecular formula is C24H26N2O4S. The van der Waals surface area contributed by atoms with Crippen molar-refractivity contribution in [2.24, 2.45) is 0 Å². The molecule has 162 valence electrons. The summed E-state index contributed by atoms with van der Waals surface area (Å²) < 4.78 is 33.6. The summed E-state index contributed by atoms with van der Waals surface area (Å²) in [7, 11) is -2.41. The van der Waals surface area contributed by atoms with Crippen LogP contribution in [0.2, 0.25) is 0 Å². The van der Waals surface area contributed by atoms with Gasteiger partial charge in [0.15, 0.2) is 0 Å². The van der Waals surface area contributed by atoms with Crippen molar-refractivity contribution in [1.29, 1.82) is 0 Å². The Morgan fingerprint density at radius 3 is 2.23 bits per heavy atom. The van der Waals surface area contributed by atoms with Crippen molar-refractivity contribution in [2.75, 3.05) is 12.4 Å². The molecule has 0 radical (unpaired) electrons. The van der Waals surface area contributed by atoms with Crippen LogP contribution in [0.25, 0.3) is 0 Å². The number of amides is 1. The highest BCUT2D eigenvalue weighted by atomic mass is 32.2. The number of hydrogen-bond acceptors (Lipinski definition) is 4. The van der Waals surface area contributed by atoms with Gasteiger partial charge in [-0.2, -0.15) is 4.72 Å². The molecule has 6 nitrogen and oxygen atoms in total. The minimum atomic E-state index is -3.92. The van der Waals surface area contributed by atoms with Gasteiger partial charge in [0.25, 0.3) is 0 Å². The fourth-order valence-electron chi connectivity index (χ4n) is 3.10. The molecule has 1 amide bonds. The summed E-state index contributed by atoms with van der Waals surface area (Å²) in [6, 6.07) is 19.9. The molecule has 31 heavy (non-hydrogen) atoms. The Balaban J connectivity index is 1.85. The highest BCUT2D eigenvalue weighted by Crippen LogP contribution is 2.18. The van der Waals surface area contributed by atoms with Crippen LogP contribution in [-0.4, -0.2) is 27.5 Å². The van der Waals surface area contributed by atoms with Crippen molar-refractivity contribution in [3.05, 3.63) is 89.5 Å². The number of aryl methyl sites for hydroxylation is 2. The van der Waals surface area contributed by atoms with Crippen LogP contribution in [0, 0.1) is 13.8 Å². The summed E-state index contributed by atoms with van der Waals surface area (Å²) in [6.07, 6.45) is 0.215. The molecule has 1 atom stereocenters. The first kappa shape index (κ1) is 22.5. The lowest BCUT2D eigenvalue weighted by molar-refractivity contribution is -0.117. The second kappa shape index (κ2) is 9.76. The first-order chi connectivity index (χ1) is 14.8. The van der Waals surface area contributed by atoms with E-state index < -0.39 is 22.0 Å². The van der Waals surface area contributed by atoms with Crippen LogP contribution < -0.4 is 14.8 Å². The molecule has 0 saturated carbocycles. The maximum absolute atomic E-state index is 13.1. The van der Waals surface area contributed by atoms with E-state index in [0.717, 1.165) is 16.7 Å². The van der Waals surface area contributed by atoms with Crippen LogP contribution >= 0.6 is 0 Å². The van der Waals surface area contributed by atoms with Crippen LogP contribution in [-0.2, 0) is 21.2 Å². The molecular weight excluding hydrogens is 412 g/mol. The van der Waals surface area contributed by atoms with Crippen LogP contribution in [0.5, 0.6) is 5.75 Å². The van der Waals surface area contributed by atoms with Crippen LogP contribution in [0.3, 0.4) is 0 Å². The largest absolute Gasteiger partial charge is 0.497 e. The number of hydrogen-bond donors (Lipinski definition) is 2. The molecule has 0 aromatic heterocycles. The predicted octanol–water partition coefficient (Wildman–Crippen LogP) is 3.84. The van der Waals surface area contributed by atoms with Crippen molar-refractivity contribution >= 4 is 21.6 Å². The molecule has 0 heterocycles. The molecule has 3 rings (SSSR count). The number of rotatable bonds is 8. The molecule has 0 spiro atoms. The number of anilines is 1. The normalized spacial score (nSPS) is 12.2. The Kier molecular flexibility index (Phi) is 7.09. The summed E-state index contributed by atoms with van der Waals surface area (Å²) in [5, 5.41) is 2.84. The number of benzene rings is 3. The molecule has 0 bridgehead atoms. The van der Waals surface area contributed by atoms with Gasteiger partial charge >= 0.3 is 0 Å². The lowest BCUT2D eigenvalue weighted by atomic mass is 10.1. The van der Waals surface area contributed by atoms with Gasteiger partial charge < -0.3 is 10.1 Å². The molecule has 3 aromatic carbocycles. The predicted molar refractivity (Wildman–Crippen MR) is 122 cm³/mol. The molecule has 0 saturated heterocycles. The average molecular weight is 439 g/mol. The van der Waals surface area contributed by atoms with E-state index in [-0.39, 0.29) is 11.3 Å². The zero-order valence-electron chi connectivity index (χ0n) is 17.8. The van der Waals surface area contributed by atoms with Crippen molar-refractivity contribution in [3.8, 4) is 5.75 Å². The fraction of sp³-hybridized carbons (Fsp3) is 0.208. The number of ether oxygens (including phenoxy) is 1. The van der Waals surface area contributed by atoms with Crippen molar-refractivity contribution < 1.29 is 17.9 Å². The van der Waals surface area contributed by atoms with E-state index in [2.05, 4.69) is 10.0 Å². The van der Waals surface area contributed by atoms with Crippen LogP contribution in [0.1, 0.15) is 16.7 Å². The summed E-state index contributed by atoms with van der Waals surface area (Å²) >= 11 is 0. The molecule has 2 N–H and O–H groups in total.